The van der Waals surface area contributed by atoms with Crippen LogP contribution in [0.5, 0.6) is 0 Å². The largest absolute Gasteiger partial charge is 0.309 e. The molecule has 4 heteroatoms. The van der Waals surface area contributed by atoms with Crippen LogP contribution < -0.4 is 10.6 Å². The molecule has 0 unspecified atom stereocenters. The lowest BCUT2D eigenvalue weighted by Gasteiger charge is -2.08. The number of hydrogen-bond donors (Lipinski definition) is 2. The van der Waals surface area contributed by atoms with Gasteiger partial charge >= 0.3 is 0 Å². The van der Waals surface area contributed by atoms with Crippen molar-refractivity contribution >= 4 is 0 Å². The fourth-order valence-corrected chi connectivity index (χ4v) is 2.56. The molecule has 0 aliphatic rings. The molecule has 0 spiro atoms. The lowest BCUT2D eigenvalue weighted by Crippen LogP contribution is -2.15. The fourth-order valence-electron chi connectivity index (χ4n) is 2.56. The molecule has 4 nitrogen and oxygen atoms in total. The first kappa shape index (κ1) is 16.3. The van der Waals surface area contributed by atoms with Crippen LogP contribution in [0, 0.1) is 0 Å². The molecule has 3 rings (SSSR count). The van der Waals surface area contributed by atoms with E-state index in [1.807, 2.05) is 24.5 Å². The summed E-state index contributed by atoms with van der Waals surface area (Å²) in [4.78, 5) is 8.26. The first-order chi connectivity index (χ1) is 11.9. The monoisotopic (exact) mass is 318 g/mol. The topological polar surface area (TPSA) is 49.8 Å². The molecule has 0 radical (unpaired) electrons. The van der Waals surface area contributed by atoms with E-state index in [1.54, 1.807) is 12.4 Å². The highest BCUT2D eigenvalue weighted by Gasteiger charge is 1.98. The molecule has 24 heavy (non-hydrogen) atoms. The first-order valence-corrected chi connectivity index (χ1v) is 8.17. The van der Waals surface area contributed by atoms with Crippen LogP contribution in [0.3, 0.4) is 0 Å². The normalized spacial score (nSPS) is 10.7. The average Bonchev–Trinajstić information content (AvgIpc) is 2.64. The SMILES string of the molecule is c1cncc(CNCc2cccc(CNCc3cccnc3)c2)c1. The molecule has 2 heterocycles. The molecule has 0 amide bonds. The maximum absolute atomic E-state index is 4.13. The van der Waals surface area contributed by atoms with Crippen molar-refractivity contribution < 1.29 is 0 Å². The molecule has 3 aromatic rings. The quantitative estimate of drug-likeness (QED) is 0.670. The summed E-state index contributed by atoms with van der Waals surface area (Å²) < 4.78 is 0. The number of nitrogens with zero attached hydrogens (tertiary/aromatic N) is 2. The first-order valence-electron chi connectivity index (χ1n) is 8.17. The molecule has 2 N–H and O–H groups in total. The summed E-state index contributed by atoms with van der Waals surface area (Å²) >= 11 is 0. The van der Waals surface area contributed by atoms with Crippen molar-refractivity contribution in [1.29, 1.82) is 0 Å². The maximum Gasteiger partial charge on any atom is 0.0312 e. The van der Waals surface area contributed by atoms with E-state index >= 15 is 0 Å². The van der Waals surface area contributed by atoms with Crippen molar-refractivity contribution in [2.75, 3.05) is 0 Å². The lowest BCUT2D eigenvalue weighted by molar-refractivity contribution is 0.679. The number of pyridine rings is 2. The second-order valence-electron chi connectivity index (χ2n) is 5.75. The Bertz CT molecular complexity index is 668. The van der Waals surface area contributed by atoms with Gasteiger partial charge in [-0.3, -0.25) is 9.97 Å². The molecule has 0 bridgehead atoms. The van der Waals surface area contributed by atoms with Gasteiger partial charge in [0.2, 0.25) is 0 Å². The average molecular weight is 318 g/mol. The van der Waals surface area contributed by atoms with E-state index in [0.29, 0.717) is 0 Å². The van der Waals surface area contributed by atoms with Gasteiger partial charge in [0.1, 0.15) is 0 Å². The summed E-state index contributed by atoms with van der Waals surface area (Å²) in [6, 6.07) is 16.8. The summed E-state index contributed by atoms with van der Waals surface area (Å²) in [7, 11) is 0. The highest BCUT2D eigenvalue weighted by molar-refractivity contribution is 5.23. The molecular formula is C20H22N4. The standard InChI is InChI=1S/C20H22N4/c1-4-17(11-23-15-19-6-2-8-21-13-19)10-18(5-1)12-24-16-20-7-3-9-22-14-20/h1-10,13-14,23-24H,11-12,15-16H2. The van der Waals surface area contributed by atoms with Gasteiger partial charge in [-0.2, -0.15) is 0 Å². The molecule has 0 fully saturated rings. The fraction of sp³-hybridized carbons (Fsp3) is 0.200. The second kappa shape index (κ2) is 8.91. The van der Waals surface area contributed by atoms with E-state index in [9.17, 15) is 0 Å². The Morgan fingerprint density at radius 1 is 0.583 bits per heavy atom. The van der Waals surface area contributed by atoms with Crippen LogP contribution in [0.1, 0.15) is 22.3 Å². The zero-order valence-electron chi connectivity index (χ0n) is 13.7. The Balaban J connectivity index is 1.45. The zero-order chi connectivity index (χ0) is 16.5. The molecule has 0 saturated carbocycles. The predicted octanol–water partition coefficient (Wildman–Crippen LogP) is 3.06. The third-order valence-electron chi connectivity index (χ3n) is 3.75. The predicted molar refractivity (Wildman–Crippen MR) is 96.0 cm³/mol. The van der Waals surface area contributed by atoms with Crippen LogP contribution in [0.15, 0.2) is 73.3 Å². The number of hydrogen-bond acceptors (Lipinski definition) is 4. The maximum atomic E-state index is 4.13. The highest BCUT2D eigenvalue weighted by Crippen LogP contribution is 2.06. The third kappa shape index (κ3) is 5.26. The van der Waals surface area contributed by atoms with Gasteiger partial charge in [0.05, 0.1) is 0 Å². The van der Waals surface area contributed by atoms with E-state index in [0.717, 1.165) is 26.2 Å². The van der Waals surface area contributed by atoms with Crippen molar-refractivity contribution in [1.82, 2.24) is 20.6 Å². The Hall–Kier alpha value is -2.56. The van der Waals surface area contributed by atoms with Gasteiger partial charge in [-0.1, -0.05) is 36.4 Å². The zero-order valence-corrected chi connectivity index (χ0v) is 13.7. The molecule has 0 saturated heterocycles. The van der Waals surface area contributed by atoms with E-state index in [-0.39, 0.29) is 0 Å². The van der Waals surface area contributed by atoms with Crippen molar-refractivity contribution in [3.63, 3.8) is 0 Å². The molecule has 122 valence electrons. The van der Waals surface area contributed by atoms with Crippen LogP contribution >= 0.6 is 0 Å². The molecule has 0 aliphatic heterocycles. The third-order valence-corrected chi connectivity index (χ3v) is 3.75. The van der Waals surface area contributed by atoms with Crippen molar-refractivity contribution in [2.24, 2.45) is 0 Å². The van der Waals surface area contributed by atoms with Crippen LogP contribution in [0.4, 0.5) is 0 Å². The van der Waals surface area contributed by atoms with Gasteiger partial charge in [0, 0.05) is 51.0 Å². The number of nitrogens with one attached hydrogen (secondary N) is 2. The van der Waals surface area contributed by atoms with Crippen LogP contribution in [-0.4, -0.2) is 9.97 Å². The van der Waals surface area contributed by atoms with Crippen LogP contribution in [-0.2, 0) is 26.2 Å². The van der Waals surface area contributed by atoms with E-state index in [1.165, 1.54) is 22.3 Å². The molecule has 0 atom stereocenters. The smallest absolute Gasteiger partial charge is 0.0312 e. The molecule has 0 aliphatic carbocycles. The summed E-state index contributed by atoms with van der Waals surface area (Å²) in [5.74, 6) is 0. The van der Waals surface area contributed by atoms with Gasteiger partial charge in [0.15, 0.2) is 0 Å². The molecule has 1 aromatic carbocycles. The summed E-state index contributed by atoms with van der Waals surface area (Å²) in [5, 5.41) is 6.92. The minimum Gasteiger partial charge on any atom is -0.309 e. The van der Waals surface area contributed by atoms with Gasteiger partial charge in [-0.15, -0.1) is 0 Å². The summed E-state index contributed by atoms with van der Waals surface area (Å²) in [6.45, 7) is 3.37. The van der Waals surface area contributed by atoms with Gasteiger partial charge in [0.25, 0.3) is 0 Å². The van der Waals surface area contributed by atoms with Gasteiger partial charge in [-0.25, -0.2) is 0 Å². The highest BCUT2D eigenvalue weighted by atomic mass is 14.9. The van der Waals surface area contributed by atoms with E-state index < -0.39 is 0 Å². The van der Waals surface area contributed by atoms with Crippen molar-refractivity contribution in [3.05, 3.63) is 95.6 Å². The minimum absolute atomic E-state index is 0.831. The van der Waals surface area contributed by atoms with E-state index in [2.05, 4.69) is 57.0 Å². The summed E-state index contributed by atoms with van der Waals surface area (Å²) in [5.41, 5.74) is 4.98. The molecule has 2 aromatic heterocycles. The Morgan fingerprint density at radius 2 is 1.04 bits per heavy atom. The lowest BCUT2D eigenvalue weighted by atomic mass is 10.1. The Kier molecular flexibility index (Phi) is 6.05. The van der Waals surface area contributed by atoms with Crippen LogP contribution in [0.25, 0.3) is 0 Å². The number of rotatable bonds is 8. The Morgan fingerprint density at radius 3 is 1.50 bits per heavy atom. The van der Waals surface area contributed by atoms with E-state index in [4.69, 9.17) is 0 Å². The minimum atomic E-state index is 0.831. The summed E-state index contributed by atoms with van der Waals surface area (Å²) in [6.07, 6.45) is 7.38. The van der Waals surface area contributed by atoms with Gasteiger partial charge in [-0.05, 0) is 34.4 Å². The number of benzene rings is 1. The molecular weight excluding hydrogens is 296 g/mol. The van der Waals surface area contributed by atoms with Crippen LogP contribution in [0.2, 0.25) is 0 Å². The van der Waals surface area contributed by atoms with Gasteiger partial charge < -0.3 is 10.6 Å². The van der Waals surface area contributed by atoms with Crippen molar-refractivity contribution in [2.45, 2.75) is 26.2 Å². The van der Waals surface area contributed by atoms with Crippen molar-refractivity contribution in [3.8, 4) is 0 Å². The number of aromatic nitrogens is 2. The second-order valence-corrected chi connectivity index (χ2v) is 5.75. The Labute approximate surface area is 143 Å².